The van der Waals surface area contributed by atoms with Gasteiger partial charge in [-0.3, -0.25) is 4.90 Å². The van der Waals surface area contributed by atoms with Crippen molar-refractivity contribution in [3.8, 4) is 0 Å². The van der Waals surface area contributed by atoms with Crippen LogP contribution in [0.1, 0.15) is 31.9 Å². The summed E-state index contributed by atoms with van der Waals surface area (Å²) < 4.78 is 5.38. The van der Waals surface area contributed by atoms with Crippen LogP contribution < -0.4 is 5.32 Å². The Balaban J connectivity index is 0.00000110. The van der Waals surface area contributed by atoms with Gasteiger partial charge in [-0.1, -0.05) is 5.57 Å². The lowest BCUT2D eigenvalue weighted by atomic mass is 9.78. The molecular weight excluding hydrogens is 307 g/mol. The lowest BCUT2D eigenvalue weighted by Gasteiger charge is -2.34. The summed E-state index contributed by atoms with van der Waals surface area (Å²) in [6, 6.07) is 3.96. The van der Waals surface area contributed by atoms with Gasteiger partial charge in [-0.15, -0.1) is 24.8 Å². The molecule has 120 valence electrons. The first-order valence-electron chi connectivity index (χ1n) is 7.40. The number of piperidine rings is 1. The van der Waals surface area contributed by atoms with Crippen molar-refractivity contribution in [3.05, 3.63) is 29.7 Å². The summed E-state index contributed by atoms with van der Waals surface area (Å²) >= 11 is 0. The fraction of sp³-hybridized carbons (Fsp3) is 0.625. The summed E-state index contributed by atoms with van der Waals surface area (Å²) in [4.78, 5) is 2.61. The van der Waals surface area contributed by atoms with Gasteiger partial charge in [0.2, 0.25) is 0 Å². The highest BCUT2D eigenvalue weighted by Gasteiger charge is 2.38. The monoisotopic (exact) mass is 332 g/mol. The SMILES string of the molecule is CC(=Cc1ccco1)CN1CCC2(CCNCC2)C1.Cl.Cl. The molecule has 1 spiro atoms. The van der Waals surface area contributed by atoms with Crippen LogP contribution in [0.2, 0.25) is 0 Å². The second kappa shape index (κ2) is 8.23. The van der Waals surface area contributed by atoms with Crippen LogP contribution >= 0.6 is 24.8 Å². The predicted octanol–water partition coefficient (Wildman–Crippen LogP) is 3.60. The fourth-order valence-corrected chi connectivity index (χ4v) is 3.54. The van der Waals surface area contributed by atoms with E-state index >= 15 is 0 Å². The first-order valence-corrected chi connectivity index (χ1v) is 7.40. The van der Waals surface area contributed by atoms with Gasteiger partial charge in [0.05, 0.1) is 6.26 Å². The molecule has 0 saturated carbocycles. The van der Waals surface area contributed by atoms with Gasteiger partial charge in [0.15, 0.2) is 0 Å². The second-order valence-electron chi connectivity index (χ2n) is 6.22. The quantitative estimate of drug-likeness (QED) is 0.916. The highest BCUT2D eigenvalue weighted by molar-refractivity contribution is 5.85. The molecule has 1 aromatic heterocycles. The molecule has 0 atom stereocenters. The van der Waals surface area contributed by atoms with Crippen LogP contribution in [0.25, 0.3) is 6.08 Å². The molecule has 1 N–H and O–H groups in total. The number of rotatable bonds is 3. The molecule has 0 aliphatic carbocycles. The number of furan rings is 1. The molecule has 2 fully saturated rings. The second-order valence-corrected chi connectivity index (χ2v) is 6.22. The molecule has 1 aromatic rings. The van der Waals surface area contributed by atoms with Crippen molar-refractivity contribution in [2.45, 2.75) is 26.2 Å². The molecule has 0 radical (unpaired) electrons. The van der Waals surface area contributed by atoms with Crippen LogP contribution in [-0.2, 0) is 0 Å². The van der Waals surface area contributed by atoms with E-state index in [1.807, 2.05) is 12.1 Å². The van der Waals surface area contributed by atoms with Crippen molar-refractivity contribution in [2.24, 2.45) is 5.41 Å². The van der Waals surface area contributed by atoms with Gasteiger partial charge in [-0.25, -0.2) is 0 Å². The molecule has 3 nitrogen and oxygen atoms in total. The van der Waals surface area contributed by atoms with E-state index in [1.54, 1.807) is 6.26 Å². The average molecular weight is 333 g/mol. The van der Waals surface area contributed by atoms with Crippen LogP contribution in [0.15, 0.2) is 28.4 Å². The largest absolute Gasteiger partial charge is 0.465 e. The smallest absolute Gasteiger partial charge is 0.126 e. The maximum Gasteiger partial charge on any atom is 0.126 e. The number of nitrogens with zero attached hydrogens (tertiary/aromatic N) is 1. The number of nitrogens with one attached hydrogen (secondary N) is 1. The van der Waals surface area contributed by atoms with Gasteiger partial charge in [0.25, 0.3) is 0 Å². The molecule has 3 rings (SSSR count). The van der Waals surface area contributed by atoms with Crippen LogP contribution in [0, 0.1) is 5.41 Å². The Morgan fingerprint density at radius 2 is 2.10 bits per heavy atom. The van der Waals surface area contributed by atoms with E-state index in [2.05, 4.69) is 23.2 Å². The van der Waals surface area contributed by atoms with E-state index in [4.69, 9.17) is 4.42 Å². The van der Waals surface area contributed by atoms with E-state index in [1.165, 1.54) is 51.0 Å². The van der Waals surface area contributed by atoms with Crippen molar-refractivity contribution < 1.29 is 4.42 Å². The molecule has 0 unspecified atom stereocenters. The van der Waals surface area contributed by atoms with Gasteiger partial charge >= 0.3 is 0 Å². The maximum atomic E-state index is 5.38. The minimum Gasteiger partial charge on any atom is -0.465 e. The van der Waals surface area contributed by atoms with E-state index < -0.39 is 0 Å². The van der Waals surface area contributed by atoms with Crippen LogP contribution in [-0.4, -0.2) is 37.6 Å². The lowest BCUT2D eigenvalue weighted by molar-refractivity contribution is 0.201. The number of likely N-dealkylation sites (tertiary alicyclic amines) is 1. The molecular formula is C16H26Cl2N2O. The van der Waals surface area contributed by atoms with E-state index in [-0.39, 0.29) is 24.8 Å². The third kappa shape index (κ3) is 4.75. The molecule has 2 aliphatic heterocycles. The number of hydrogen-bond donors (Lipinski definition) is 1. The summed E-state index contributed by atoms with van der Waals surface area (Å²) in [5, 5.41) is 3.48. The topological polar surface area (TPSA) is 28.4 Å². The summed E-state index contributed by atoms with van der Waals surface area (Å²) in [6.45, 7) is 8.22. The zero-order chi connectivity index (χ0) is 13.1. The summed E-state index contributed by atoms with van der Waals surface area (Å²) in [5.74, 6) is 0.966. The zero-order valence-electron chi connectivity index (χ0n) is 12.6. The van der Waals surface area contributed by atoms with Crippen molar-refractivity contribution in [1.82, 2.24) is 10.2 Å². The summed E-state index contributed by atoms with van der Waals surface area (Å²) in [7, 11) is 0. The number of halogens is 2. The van der Waals surface area contributed by atoms with Crippen LogP contribution in [0.3, 0.4) is 0 Å². The molecule has 3 heterocycles. The first-order chi connectivity index (χ1) is 9.26. The number of hydrogen-bond acceptors (Lipinski definition) is 3. The van der Waals surface area contributed by atoms with E-state index in [0.29, 0.717) is 5.41 Å². The fourth-order valence-electron chi connectivity index (χ4n) is 3.54. The molecule has 0 bridgehead atoms. The van der Waals surface area contributed by atoms with Gasteiger partial charge in [-0.05, 0) is 69.4 Å². The first kappa shape index (κ1) is 18.6. The highest BCUT2D eigenvalue weighted by Crippen LogP contribution is 2.38. The average Bonchev–Trinajstić information content (AvgIpc) is 3.02. The Hall–Kier alpha value is -0.480. The van der Waals surface area contributed by atoms with Crippen molar-refractivity contribution in [1.29, 1.82) is 0 Å². The molecule has 2 saturated heterocycles. The summed E-state index contributed by atoms with van der Waals surface area (Å²) in [5.41, 5.74) is 2.00. The summed E-state index contributed by atoms with van der Waals surface area (Å²) in [6.07, 6.45) is 7.98. The molecule has 5 heteroatoms. The Morgan fingerprint density at radius 1 is 1.33 bits per heavy atom. The molecule has 2 aliphatic rings. The standard InChI is InChI=1S/C16H24N2O.2ClH/c1-14(11-15-3-2-10-19-15)12-18-9-6-16(13-18)4-7-17-8-5-16;;/h2-3,10-11,17H,4-9,12-13H2,1H3;2*1H. The third-order valence-corrected chi connectivity index (χ3v) is 4.59. The van der Waals surface area contributed by atoms with Crippen molar-refractivity contribution >= 4 is 30.9 Å². The van der Waals surface area contributed by atoms with E-state index in [9.17, 15) is 0 Å². The van der Waals surface area contributed by atoms with Gasteiger partial charge < -0.3 is 9.73 Å². The van der Waals surface area contributed by atoms with Crippen molar-refractivity contribution in [2.75, 3.05) is 32.7 Å². The lowest BCUT2D eigenvalue weighted by Crippen LogP contribution is -2.38. The normalized spacial score (nSPS) is 21.9. The van der Waals surface area contributed by atoms with Gasteiger partial charge in [0, 0.05) is 13.1 Å². The van der Waals surface area contributed by atoms with E-state index in [0.717, 1.165) is 12.3 Å². The van der Waals surface area contributed by atoms with Gasteiger partial charge in [-0.2, -0.15) is 0 Å². The Bertz CT molecular complexity index is 439. The third-order valence-electron chi connectivity index (χ3n) is 4.59. The highest BCUT2D eigenvalue weighted by atomic mass is 35.5. The Morgan fingerprint density at radius 3 is 2.76 bits per heavy atom. The minimum atomic E-state index is 0. The van der Waals surface area contributed by atoms with Crippen LogP contribution in [0.4, 0.5) is 0 Å². The minimum absolute atomic E-state index is 0. The molecule has 0 aromatic carbocycles. The van der Waals surface area contributed by atoms with Gasteiger partial charge in [0.1, 0.15) is 5.76 Å². The predicted molar refractivity (Wildman–Crippen MR) is 92.4 cm³/mol. The Kier molecular flexibility index (Phi) is 7.28. The molecule has 0 amide bonds. The van der Waals surface area contributed by atoms with Crippen LogP contribution in [0.5, 0.6) is 0 Å². The Labute approximate surface area is 140 Å². The zero-order valence-corrected chi connectivity index (χ0v) is 14.3. The van der Waals surface area contributed by atoms with Crippen molar-refractivity contribution in [3.63, 3.8) is 0 Å². The molecule has 21 heavy (non-hydrogen) atoms. The maximum absolute atomic E-state index is 5.38.